The van der Waals surface area contributed by atoms with Crippen LogP contribution in [0.2, 0.25) is 0 Å². The van der Waals surface area contributed by atoms with Crippen LogP contribution >= 0.6 is 0 Å². The molecule has 8 heteroatoms. The average Bonchev–Trinajstić information content (AvgIpc) is 3.13. The fourth-order valence-corrected chi connectivity index (χ4v) is 3.33. The first kappa shape index (κ1) is 20.7. The first-order chi connectivity index (χ1) is 14.1. The maximum atomic E-state index is 13.5. The summed E-state index contributed by atoms with van der Waals surface area (Å²) in [5.41, 5.74) is 0.560. The number of halogens is 1. The van der Waals surface area contributed by atoms with Crippen molar-refractivity contribution in [2.45, 2.75) is 25.0 Å². The number of methoxy groups -OCH3 is 1. The van der Waals surface area contributed by atoms with E-state index in [0.717, 1.165) is 0 Å². The van der Waals surface area contributed by atoms with Crippen LogP contribution in [0.4, 0.5) is 4.39 Å². The van der Waals surface area contributed by atoms with Crippen molar-refractivity contribution in [1.82, 2.24) is 15.2 Å². The largest absolute Gasteiger partial charge is 0.487 e. The van der Waals surface area contributed by atoms with Crippen LogP contribution in [0.3, 0.4) is 0 Å². The highest BCUT2D eigenvalue weighted by molar-refractivity contribution is 5.89. The number of rotatable bonds is 8. The van der Waals surface area contributed by atoms with E-state index in [1.165, 1.54) is 17.0 Å². The number of amides is 2. The van der Waals surface area contributed by atoms with Crippen LogP contribution in [0.15, 0.2) is 48.8 Å². The van der Waals surface area contributed by atoms with E-state index in [9.17, 15) is 14.0 Å². The predicted octanol–water partition coefficient (Wildman–Crippen LogP) is 1.57. The minimum atomic E-state index is -0.658. The molecular formula is C21H24FN3O4. The third-order valence-corrected chi connectivity index (χ3v) is 4.67. The summed E-state index contributed by atoms with van der Waals surface area (Å²) in [4.78, 5) is 31.1. The van der Waals surface area contributed by atoms with Gasteiger partial charge in [0.2, 0.25) is 11.8 Å². The molecule has 1 aliphatic heterocycles. The van der Waals surface area contributed by atoms with Crippen molar-refractivity contribution < 1.29 is 23.5 Å². The maximum Gasteiger partial charge on any atom is 0.243 e. The second-order valence-corrected chi connectivity index (χ2v) is 6.82. The minimum Gasteiger partial charge on any atom is -0.487 e. The predicted molar refractivity (Wildman–Crippen MR) is 104 cm³/mol. The number of nitrogens with one attached hydrogen (secondary N) is 1. The molecule has 2 heterocycles. The van der Waals surface area contributed by atoms with E-state index >= 15 is 0 Å². The lowest BCUT2D eigenvalue weighted by atomic mass is 10.1. The van der Waals surface area contributed by atoms with Gasteiger partial charge in [-0.2, -0.15) is 0 Å². The lowest BCUT2D eigenvalue weighted by molar-refractivity contribution is -0.138. The number of carbonyl (C=O) groups is 2. The Hall–Kier alpha value is -3.00. The number of likely N-dealkylation sites (tertiary alicyclic amines) is 1. The molecule has 1 aliphatic rings. The summed E-state index contributed by atoms with van der Waals surface area (Å²) in [5.74, 6) is -0.328. The Kier molecular flexibility index (Phi) is 7.13. The van der Waals surface area contributed by atoms with Gasteiger partial charge in [-0.1, -0.05) is 12.1 Å². The molecule has 2 amide bonds. The standard InChI is InChI=1S/C21H24FN3O4/c1-28-9-8-24-21(27)19-12-18(29-17-6-3-7-23-13-17)14-25(19)20(26)11-15-4-2-5-16(22)10-15/h2-7,10,13,18-19H,8-9,11-12,14H2,1H3,(H,24,27)/t18-,19-/m0/s1. The smallest absolute Gasteiger partial charge is 0.243 e. The first-order valence-corrected chi connectivity index (χ1v) is 9.44. The highest BCUT2D eigenvalue weighted by Crippen LogP contribution is 2.24. The van der Waals surface area contributed by atoms with Gasteiger partial charge in [0.15, 0.2) is 0 Å². The first-order valence-electron chi connectivity index (χ1n) is 9.44. The number of benzene rings is 1. The molecule has 2 aromatic rings. The van der Waals surface area contributed by atoms with E-state index in [2.05, 4.69) is 10.3 Å². The van der Waals surface area contributed by atoms with Crippen molar-refractivity contribution in [1.29, 1.82) is 0 Å². The number of pyridine rings is 1. The second-order valence-electron chi connectivity index (χ2n) is 6.82. The van der Waals surface area contributed by atoms with Crippen LogP contribution in [-0.2, 0) is 20.7 Å². The zero-order chi connectivity index (χ0) is 20.6. The molecular weight excluding hydrogens is 377 g/mol. The Bertz CT molecular complexity index is 834. The van der Waals surface area contributed by atoms with Gasteiger partial charge in [0, 0.05) is 26.3 Å². The molecule has 0 spiro atoms. The van der Waals surface area contributed by atoms with E-state index in [-0.39, 0.29) is 30.9 Å². The fraction of sp³-hybridized carbons (Fsp3) is 0.381. The van der Waals surface area contributed by atoms with Gasteiger partial charge in [-0.15, -0.1) is 0 Å². The van der Waals surface area contributed by atoms with Gasteiger partial charge in [0.25, 0.3) is 0 Å². The summed E-state index contributed by atoms with van der Waals surface area (Å²) >= 11 is 0. The summed E-state index contributed by atoms with van der Waals surface area (Å²) in [6.07, 6.45) is 3.27. The number of aromatic nitrogens is 1. The Morgan fingerprint density at radius 1 is 1.31 bits per heavy atom. The van der Waals surface area contributed by atoms with Gasteiger partial charge in [-0.05, 0) is 29.8 Å². The molecule has 1 N–H and O–H groups in total. The summed E-state index contributed by atoms with van der Waals surface area (Å²) in [5, 5.41) is 2.78. The molecule has 0 unspecified atom stereocenters. The molecule has 1 saturated heterocycles. The Labute approximate surface area is 168 Å². The summed E-state index contributed by atoms with van der Waals surface area (Å²) in [6, 6.07) is 8.78. The number of nitrogens with zero attached hydrogens (tertiary/aromatic N) is 2. The molecule has 1 fully saturated rings. The SMILES string of the molecule is COCCNC(=O)[C@@H]1C[C@H](Oc2cccnc2)CN1C(=O)Cc1cccc(F)c1. The molecule has 0 bridgehead atoms. The molecule has 0 aliphatic carbocycles. The van der Waals surface area contributed by atoms with Crippen LogP contribution in [0.1, 0.15) is 12.0 Å². The number of hydrogen-bond acceptors (Lipinski definition) is 5. The van der Waals surface area contributed by atoms with Crippen molar-refractivity contribution in [2.75, 3.05) is 26.8 Å². The Morgan fingerprint density at radius 3 is 2.90 bits per heavy atom. The number of carbonyl (C=O) groups excluding carboxylic acids is 2. The highest BCUT2D eigenvalue weighted by atomic mass is 19.1. The molecule has 29 heavy (non-hydrogen) atoms. The Balaban J connectivity index is 1.70. The molecule has 154 valence electrons. The van der Waals surface area contributed by atoms with Crippen molar-refractivity contribution in [2.24, 2.45) is 0 Å². The van der Waals surface area contributed by atoms with Crippen molar-refractivity contribution in [3.8, 4) is 5.75 Å². The van der Waals surface area contributed by atoms with Gasteiger partial charge in [-0.25, -0.2) is 4.39 Å². The van der Waals surface area contributed by atoms with Crippen molar-refractivity contribution in [3.05, 3.63) is 60.2 Å². The topological polar surface area (TPSA) is 80.8 Å². The second kappa shape index (κ2) is 9.97. The molecule has 0 radical (unpaired) electrons. The molecule has 2 atom stereocenters. The summed E-state index contributed by atoms with van der Waals surface area (Å²) in [7, 11) is 1.55. The molecule has 3 rings (SSSR count). The van der Waals surface area contributed by atoms with E-state index < -0.39 is 11.9 Å². The lowest BCUT2D eigenvalue weighted by Gasteiger charge is -2.23. The third-order valence-electron chi connectivity index (χ3n) is 4.67. The zero-order valence-electron chi connectivity index (χ0n) is 16.2. The van der Waals surface area contributed by atoms with Crippen LogP contribution in [0.5, 0.6) is 5.75 Å². The molecule has 7 nitrogen and oxygen atoms in total. The summed E-state index contributed by atoms with van der Waals surface area (Å²) in [6.45, 7) is 1.00. The van der Waals surface area contributed by atoms with E-state index in [0.29, 0.717) is 30.9 Å². The Morgan fingerprint density at radius 2 is 2.17 bits per heavy atom. The van der Waals surface area contributed by atoms with Gasteiger partial charge < -0.3 is 19.7 Å². The lowest BCUT2D eigenvalue weighted by Crippen LogP contribution is -2.47. The van der Waals surface area contributed by atoms with Gasteiger partial charge in [0.05, 0.1) is 25.8 Å². The quantitative estimate of drug-likeness (QED) is 0.680. The number of ether oxygens (including phenoxy) is 2. The van der Waals surface area contributed by atoms with E-state index in [1.807, 2.05) is 0 Å². The normalized spacial score (nSPS) is 18.5. The van der Waals surface area contributed by atoms with Crippen LogP contribution in [0, 0.1) is 5.82 Å². The van der Waals surface area contributed by atoms with Crippen LogP contribution in [0.25, 0.3) is 0 Å². The zero-order valence-corrected chi connectivity index (χ0v) is 16.2. The average molecular weight is 401 g/mol. The van der Waals surface area contributed by atoms with Crippen LogP contribution < -0.4 is 10.1 Å². The van der Waals surface area contributed by atoms with Crippen molar-refractivity contribution >= 4 is 11.8 Å². The molecule has 1 aromatic heterocycles. The van der Waals surface area contributed by atoms with E-state index in [4.69, 9.17) is 9.47 Å². The minimum absolute atomic E-state index is 0.0131. The molecule has 1 aromatic carbocycles. The highest BCUT2D eigenvalue weighted by Gasteiger charge is 2.40. The van der Waals surface area contributed by atoms with Gasteiger partial charge in [-0.3, -0.25) is 14.6 Å². The summed E-state index contributed by atoms with van der Waals surface area (Å²) < 4.78 is 24.3. The fourth-order valence-electron chi connectivity index (χ4n) is 3.33. The van der Waals surface area contributed by atoms with Crippen LogP contribution in [-0.4, -0.2) is 60.7 Å². The maximum absolute atomic E-state index is 13.5. The van der Waals surface area contributed by atoms with Gasteiger partial charge in [0.1, 0.15) is 23.7 Å². The monoisotopic (exact) mass is 401 g/mol. The van der Waals surface area contributed by atoms with E-state index in [1.54, 1.807) is 43.8 Å². The third kappa shape index (κ3) is 5.74. The van der Waals surface area contributed by atoms with Crippen molar-refractivity contribution in [3.63, 3.8) is 0 Å². The molecule has 0 saturated carbocycles. The number of hydrogen-bond donors (Lipinski definition) is 1. The van der Waals surface area contributed by atoms with Gasteiger partial charge >= 0.3 is 0 Å².